The van der Waals surface area contributed by atoms with Gasteiger partial charge in [-0.25, -0.2) is 9.97 Å². The molecular weight excluding hydrogens is 440 g/mol. The van der Waals surface area contributed by atoms with Gasteiger partial charge in [0.2, 0.25) is 5.95 Å². The minimum Gasteiger partial charge on any atom is -0.389 e. The molecule has 2 atom stereocenters. The van der Waals surface area contributed by atoms with Crippen molar-refractivity contribution in [2.75, 3.05) is 31.6 Å². The number of aromatic nitrogens is 4. The van der Waals surface area contributed by atoms with Gasteiger partial charge in [0, 0.05) is 35.6 Å². The van der Waals surface area contributed by atoms with Gasteiger partial charge in [0.05, 0.1) is 36.6 Å². The first-order valence-electron chi connectivity index (χ1n) is 11.8. The van der Waals surface area contributed by atoms with Crippen LogP contribution in [0.3, 0.4) is 0 Å². The molecule has 1 saturated carbocycles. The lowest BCUT2D eigenvalue weighted by molar-refractivity contribution is 0.0663. The summed E-state index contributed by atoms with van der Waals surface area (Å²) >= 11 is 6.70. The molecule has 2 N–H and O–H groups in total. The third-order valence-electron chi connectivity index (χ3n) is 7.29. The van der Waals surface area contributed by atoms with Gasteiger partial charge in [0.15, 0.2) is 0 Å². The number of hydrogen-bond donors (Lipinski definition) is 2. The Morgan fingerprint density at radius 2 is 1.91 bits per heavy atom. The van der Waals surface area contributed by atoms with Gasteiger partial charge < -0.3 is 15.2 Å². The van der Waals surface area contributed by atoms with Crippen LogP contribution in [0.25, 0.3) is 10.9 Å². The zero-order valence-electron chi connectivity index (χ0n) is 18.7. The van der Waals surface area contributed by atoms with Gasteiger partial charge in [-0.05, 0) is 62.4 Å². The molecule has 3 fully saturated rings. The van der Waals surface area contributed by atoms with E-state index in [-0.39, 0.29) is 12.1 Å². The number of anilines is 2. The monoisotopic (exact) mass is 468 g/mol. The molecule has 0 radical (unpaired) electrons. The number of benzene rings is 1. The molecule has 0 bridgehead atoms. The fraction of sp³-hybridized carbons (Fsp3) is 0.542. The molecule has 3 aromatic rings. The van der Waals surface area contributed by atoms with Crippen molar-refractivity contribution >= 4 is 34.3 Å². The topological polar surface area (TPSA) is 88.3 Å². The average Bonchev–Trinajstić information content (AvgIpc) is 3.48. The number of hydrogen-bond acceptors (Lipinski definition) is 7. The fourth-order valence-corrected chi connectivity index (χ4v) is 5.49. The van der Waals surface area contributed by atoms with Gasteiger partial charge in [-0.1, -0.05) is 11.6 Å². The number of halogens is 1. The number of piperidine rings is 1. The number of nitrogens with one attached hydrogen (secondary N) is 1. The highest BCUT2D eigenvalue weighted by Gasteiger charge is 2.34. The molecule has 174 valence electrons. The maximum absolute atomic E-state index is 10.2. The Morgan fingerprint density at radius 3 is 2.64 bits per heavy atom. The Bertz CT molecular complexity index is 1170. The van der Waals surface area contributed by atoms with Crippen molar-refractivity contribution in [3.8, 4) is 0 Å². The van der Waals surface area contributed by atoms with Crippen LogP contribution in [0, 0.1) is 0 Å². The Morgan fingerprint density at radius 1 is 1.09 bits per heavy atom. The van der Waals surface area contributed by atoms with E-state index in [9.17, 15) is 5.11 Å². The van der Waals surface area contributed by atoms with Crippen molar-refractivity contribution in [3.05, 3.63) is 40.7 Å². The Balaban J connectivity index is 1.20. The average molecular weight is 469 g/mol. The van der Waals surface area contributed by atoms with Gasteiger partial charge >= 0.3 is 0 Å². The smallest absolute Gasteiger partial charge is 0.228 e. The summed E-state index contributed by atoms with van der Waals surface area (Å²) in [7, 11) is 1.94. The summed E-state index contributed by atoms with van der Waals surface area (Å²) < 4.78 is 7.30. The second-order valence-electron chi connectivity index (χ2n) is 9.59. The number of ether oxygens (including phenoxy) is 1. The molecule has 1 unspecified atom stereocenters. The first-order valence-corrected chi connectivity index (χ1v) is 12.2. The predicted molar refractivity (Wildman–Crippen MR) is 127 cm³/mol. The van der Waals surface area contributed by atoms with Gasteiger partial charge in [-0.2, -0.15) is 5.10 Å². The van der Waals surface area contributed by atoms with Gasteiger partial charge in [-0.3, -0.25) is 9.58 Å². The van der Waals surface area contributed by atoms with Crippen molar-refractivity contribution in [1.82, 2.24) is 24.6 Å². The van der Waals surface area contributed by atoms with Crippen LogP contribution < -0.4 is 5.32 Å². The molecule has 1 aromatic carbocycles. The molecule has 33 heavy (non-hydrogen) atoms. The van der Waals surface area contributed by atoms with E-state index in [1.165, 1.54) is 12.8 Å². The highest BCUT2D eigenvalue weighted by atomic mass is 35.5. The molecule has 2 aliphatic heterocycles. The summed E-state index contributed by atoms with van der Waals surface area (Å²) in [6.45, 7) is 2.93. The molecule has 3 aliphatic rings. The largest absolute Gasteiger partial charge is 0.389 e. The summed E-state index contributed by atoms with van der Waals surface area (Å²) in [6.07, 6.45) is 5.89. The summed E-state index contributed by atoms with van der Waals surface area (Å²) in [5.41, 5.74) is 3.17. The maximum atomic E-state index is 10.2. The summed E-state index contributed by atoms with van der Waals surface area (Å²) in [6, 6.07) is 6.31. The molecule has 0 spiro atoms. The minimum absolute atomic E-state index is 0.117. The lowest BCUT2D eigenvalue weighted by Crippen LogP contribution is -2.46. The number of aliphatic hydroxyl groups is 1. The normalized spacial score (nSPS) is 24.6. The van der Waals surface area contributed by atoms with Crippen molar-refractivity contribution in [2.45, 2.75) is 49.7 Å². The van der Waals surface area contributed by atoms with Crippen LogP contribution >= 0.6 is 11.6 Å². The highest BCUT2D eigenvalue weighted by molar-refractivity contribution is 6.32. The molecular formula is C24H29ClN6O2. The van der Waals surface area contributed by atoms with Crippen molar-refractivity contribution in [2.24, 2.45) is 7.05 Å². The van der Waals surface area contributed by atoms with Crippen LogP contribution in [0.2, 0.25) is 5.02 Å². The second-order valence-corrected chi connectivity index (χ2v) is 9.99. The maximum Gasteiger partial charge on any atom is 0.228 e. The van der Waals surface area contributed by atoms with Crippen LogP contribution in [0.5, 0.6) is 0 Å². The van der Waals surface area contributed by atoms with E-state index >= 15 is 0 Å². The number of rotatable bonds is 5. The predicted octanol–water partition coefficient (Wildman–Crippen LogP) is 3.58. The number of nitrogens with zero attached hydrogens (tertiary/aromatic N) is 5. The van der Waals surface area contributed by atoms with E-state index in [1.54, 1.807) is 0 Å². The van der Waals surface area contributed by atoms with Crippen LogP contribution in [0.4, 0.5) is 11.8 Å². The van der Waals surface area contributed by atoms with Gasteiger partial charge in [-0.15, -0.1) is 0 Å². The lowest BCUT2D eigenvalue weighted by Gasteiger charge is -2.36. The molecule has 8 nitrogen and oxygen atoms in total. The molecule has 2 aromatic heterocycles. The molecule has 4 heterocycles. The minimum atomic E-state index is -0.381. The lowest BCUT2D eigenvalue weighted by atomic mass is 9.88. The number of likely N-dealkylation sites (tertiary alicyclic amines) is 1. The van der Waals surface area contributed by atoms with E-state index in [0.717, 1.165) is 58.9 Å². The van der Waals surface area contributed by atoms with Crippen molar-refractivity contribution in [1.29, 1.82) is 0 Å². The number of aryl methyl sites for hydroxylation is 1. The third-order valence-corrected chi connectivity index (χ3v) is 7.62. The standard InChI is InChI=1S/C24H29ClN6O2/c1-30-23(10-20(29-30)15-2-3-15)28-24-26-11-16-8-18(25)17(9-19(16)27-24)14-4-6-31(7-5-14)21-12-33-13-22(21)32/h8-11,14-15,21-22,32H,2-7,12-13H2,1H3,(H,26,27,28)/t21-,22?/m1/s1. The van der Waals surface area contributed by atoms with Crippen LogP contribution in [-0.2, 0) is 11.8 Å². The first kappa shape index (κ1) is 21.3. The van der Waals surface area contributed by atoms with Crippen LogP contribution in [-0.4, -0.2) is 68.2 Å². The third kappa shape index (κ3) is 4.21. The summed E-state index contributed by atoms with van der Waals surface area (Å²) in [5.74, 6) is 2.44. The molecule has 6 rings (SSSR count). The zero-order valence-corrected chi connectivity index (χ0v) is 19.5. The number of fused-ring (bicyclic) bond motifs is 1. The highest BCUT2D eigenvalue weighted by Crippen LogP contribution is 2.40. The van der Waals surface area contributed by atoms with Crippen molar-refractivity contribution < 1.29 is 9.84 Å². The summed E-state index contributed by atoms with van der Waals surface area (Å²) in [4.78, 5) is 11.6. The van der Waals surface area contributed by atoms with E-state index in [4.69, 9.17) is 21.3 Å². The van der Waals surface area contributed by atoms with Crippen LogP contribution in [0.1, 0.15) is 48.8 Å². The quantitative estimate of drug-likeness (QED) is 0.591. The van der Waals surface area contributed by atoms with Crippen molar-refractivity contribution in [3.63, 3.8) is 0 Å². The Labute approximate surface area is 197 Å². The van der Waals surface area contributed by atoms with Gasteiger partial charge in [0.1, 0.15) is 5.82 Å². The molecule has 9 heteroatoms. The fourth-order valence-electron chi connectivity index (χ4n) is 5.16. The van der Waals surface area contributed by atoms with E-state index in [1.807, 2.05) is 24.0 Å². The zero-order chi connectivity index (χ0) is 22.5. The van der Waals surface area contributed by atoms with E-state index in [2.05, 4.69) is 32.4 Å². The van der Waals surface area contributed by atoms with Gasteiger partial charge in [0.25, 0.3) is 0 Å². The number of aliphatic hydroxyl groups excluding tert-OH is 1. The molecule has 1 aliphatic carbocycles. The SMILES string of the molecule is Cn1nc(C2CC2)cc1Nc1ncc2cc(Cl)c(C3CCN([C@@H]4COCC4O)CC3)cc2n1. The molecule has 0 amide bonds. The van der Waals surface area contributed by atoms with E-state index < -0.39 is 0 Å². The second kappa shape index (κ2) is 8.51. The Hall–Kier alpha value is -2.26. The first-order chi connectivity index (χ1) is 16.0. The van der Waals surface area contributed by atoms with Crippen LogP contribution in [0.15, 0.2) is 24.4 Å². The molecule has 2 saturated heterocycles. The summed E-state index contributed by atoms with van der Waals surface area (Å²) in [5, 5.41) is 19.8. The van der Waals surface area contributed by atoms with E-state index in [0.29, 0.717) is 31.0 Å². The Kier molecular flexibility index (Phi) is 5.49.